The number of para-hydroxylation sites is 1. The molecule has 20 heavy (non-hydrogen) atoms. The Morgan fingerprint density at radius 1 is 1.15 bits per heavy atom. The van der Waals surface area contributed by atoms with Crippen molar-refractivity contribution >= 4 is 14.4 Å². The van der Waals surface area contributed by atoms with Gasteiger partial charge in [0, 0.05) is 12.2 Å². The second kappa shape index (κ2) is 7.09. The standard InChI is InChI=1S/C17H28O2Si/c1-17(2,14-19-20(4,5)6)13-9-11-15-10-7-8-12-16(15)18-3/h7-12H,13-14H2,1-6H3/b11-9+. The number of allylic oxidation sites excluding steroid dienone is 1. The molecule has 0 heterocycles. The Hall–Kier alpha value is -1.06. The Labute approximate surface area is 124 Å². The Morgan fingerprint density at radius 3 is 2.40 bits per heavy atom. The zero-order chi connectivity index (χ0) is 15.2. The van der Waals surface area contributed by atoms with Crippen molar-refractivity contribution in [2.45, 2.75) is 39.9 Å². The SMILES string of the molecule is COc1ccccc1/C=C/CC(C)(C)CO[Si](C)(C)C. The minimum atomic E-state index is -1.43. The fourth-order valence-electron chi connectivity index (χ4n) is 1.78. The Balaban J connectivity index is 2.58. The van der Waals surface area contributed by atoms with Crippen molar-refractivity contribution < 1.29 is 9.16 Å². The van der Waals surface area contributed by atoms with E-state index in [-0.39, 0.29) is 5.41 Å². The van der Waals surface area contributed by atoms with Crippen LogP contribution in [0.25, 0.3) is 6.08 Å². The van der Waals surface area contributed by atoms with Gasteiger partial charge in [0.25, 0.3) is 0 Å². The second-order valence-electron chi connectivity index (χ2n) is 6.91. The third-order valence-corrected chi connectivity index (χ3v) is 4.01. The van der Waals surface area contributed by atoms with Crippen LogP contribution in [0.5, 0.6) is 5.75 Å². The summed E-state index contributed by atoms with van der Waals surface area (Å²) in [6.07, 6.45) is 5.34. The maximum atomic E-state index is 6.02. The molecule has 0 atom stereocenters. The van der Waals surface area contributed by atoms with Crippen molar-refractivity contribution in [1.82, 2.24) is 0 Å². The van der Waals surface area contributed by atoms with Gasteiger partial charge in [-0.2, -0.15) is 0 Å². The molecule has 0 amide bonds. The summed E-state index contributed by atoms with van der Waals surface area (Å²) >= 11 is 0. The minimum absolute atomic E-state index is 0.165. The van der Waals surface area contributed by atoms with Crippen LogP contribution in [0.4, 0.5) is 0 Å². The van der Waals surface area contributed by atoms with Crippen LogP contribution in [-0.2, 0) is 4.43 Å². The fraction of sp³-hybridized carbons (Fsp3) is 0.529. The maximum absolute atomic E-state index is 6.02. The van der Waals surface area contributed by atoms with Crippen molar-refractivity contribution in [3.63, 3.8) is 0 Å². The molecule has 0 aliphatic carbocycles. The molecule has 0 saturated heterocycles. The highest BCUT2D eigenvalue weighted by Gasteiger charge is 2.22. The third-order valence-electron chi connectivity index (χ3n) is 3.00. The molecule has 1 rings (SSSR count). The molecule has 0 saturated carbocycles. The minimum Gasteiger partial charge on any atom is -0.496 e. The lowest BCUT2D eigenvalue weighted by molar-refractivity contribution is 0.177. The first-order valence-corrected chi connectivity index (χ1v) is 10.6. The first-order chi connectivity index (χ1) is 9.23. The predicted octanol–water partition coefficient (Wildman–Crippen LogP) is 4.98. The first kappa shape index (κ1) is 17.0. The van der Waals surface area contributed by atoms with Gasteiger partial charge >= 0.3 is 0 Å². The van der Waals surface area contributed by atoms with Crippen LogP contribution in [0.3, 0.4) is 0 Å². The molecule has 1 aromatic carbocycles. The molecule has 0 fully saturated rings. The number of ether oxygens (including phenoxy) is 1. The van der Waals surface area contributed by atoms with E-state index in [0.717, 1.165) is 24.3 Å². The van der Waals surface area contributed by atoms with E-state index >= 15 is 0 Å². The van der Waals surface area contributed by atoms with Crippen molar-refractivity contribution in [3.8, 4) is 5.75 Å². The van der Waals surface area contributed by atoms with Crippen LogP contribution in [0.2, 0.25) is 19.6 Å². The Kier molecular flexibility index (Phi) is 6.02. The van der Waals surface area contributed by atoms with Gasteiger partial charge in [-0.3, -0.25) is 0 Å². The summed E-state index contributed by atoms with van der Waals surface area (Å²) in [6.45, 7) is 12.0. The number of hydrogen-bond donors (Lipinski definition) is 0. The van der Waals surface area contributed by atoms with Crippen molar-refractivity contribution in [2.24, 2.45) is 5.41 Å². The number of benzene rings is 1. The Morgan fingerprint density at radius 2 is 1.80 bits per heavy atom. The third kappa shape index (κ3) is 6.39. The smallest absolute Gasteiger partial charge is 0.183 e. The summed E-state index contributed by atoms with van der Waals surface area (Å²) in [4.78, 5) is 0. The van der Waals surface area contributed by atoms with E-state index in [1.54, 1.807) is 7.11 Å². The van der Waals surface area contributed by atoms with E-state index < -0.39 is 8.32 Å². The molecule has 0 N–H and O–H groups in total. The van der Waals surface area contributed by atoms with Crippen LogP contribution in [0.1, 0.15) is 25.8 Å². The first-order valence-electron chi connectivity index (χ1n) is 7.17. The van der Waals surface area contributed by atoms with Crippen LogP contribution in [-0.4, -0.2) is 22.0 Å². The van der Waals surface area contributed by atoms with Gasteiger partial charge in [0.2, 0.25) is 0 Å². The van der Waals surface area contributed by atoms with E-state index in [9.17, 15) is 0 Å². The molecular formula is C17H28O2Si. The lowest BCUT2D eigenvalue weighted by Gasteiger charge is -2.28. The molecule has 0 aliphatic heterocycles. The van der Waals surface area contributed by atoms with Crippen molar-refractivity contribution in [3.05, 3.63) is 35.9 Å². The van der Waals surface area contributed by atoms with E-state index in [4.69, 9.17) is 9.16 Å². The summed E-state index contributed by atoms with van der Waals surface area (Å²) in [5.74, 6) is 0.917. The molecule has 3 heteroatoms. The lowest BCUT2D eigenvalue weighted by Crippen LogP contribution is -2.31. The topological polar surface area (TPSA) is 18.5 Å². The van der Waals surface area contributed by atoms with Crippen LogP contribution in [0, 0.1) is 5.41 Å². The van der Waals surface area contributed by atoms with Crippen LogP contribution >= 0.6 is 0 Å². The molecule has 0 unspecified atom stereocenters. The lowest BCUT2D eigenvalue weighted by atomic mass is 9.90. The van der Waals surface area contributed by atoms with E-state index in [1.807, 2.05) is 18.2 Å². The van der Waals surface area contributed by atoms with E-state index in [2.05, 4.69) is 51.7 Å². The van der Waals surface area contributed by atoms with Gasteiger partial charge in [0.05, 0.1) is 7.11 Å². The fourth-order valence-corrected chi connectivity index (χ4v) is 2.60. The molecule has 0 aromatic heterocycles. The average molecular weight is 292 g/mol. The normalized spacial score (nSPS) is 12.9. The molecular weight excluding hydrogens is 264 g/mol. The zero-order valence-corrected chi connectivity index (χ0v) is 14.7. The highest BCUT2D eigenvalue weighted by atomic mass is 28.4. The van der Waals surface area contributed by atoms with Gasteiger partial charge in [-0.15, -0.1) is 0 Å². The van der Waals surface area contributed by atoms with E-state index in [0.29, 0.717) is 0 Å². The second-order valence-corrected chi connectivity index (χ2v) is 11.4. The van der Waals surface area contributed by atoms with Gasteiger partial charge < -0.3 is 9.16 Å². The quantitative estimate of drug-likeness (QED) is 0.660. The van der Waals surface area contributed by atoms with Crippen molar-refractivity contribution in [2.75, 3.05) is 13.7 Å². The molecule has 0 bridgehead atoms. The molecule has 0 aliphatic rings. The monoisotopic (exact) mass is 292 g/mol. The molecule has 0 radical (unpaired) electrons. The molecule has 2 nitrogen and oxygen atoms in total. The molecule has 1 aromatic rings. The highest BCUT2D eigenvalue weighted by molar-refractivity contribution is 6.69. The summed E-state index contributed by atoms with van der Waals surface area (Å²) in [6, 6.07) is 8.07. The number of rotatable bonds is 7. The van der Waals surface area contributed by atoms with Crippen LogP contribution in [0.15, 0.2) is 30.3 Å². The van der Waals surface area contributed by atoms with Crippen molar-refractivity contribution in [1.29, 1.82) is 0 Å². The molecule has 112 valence electrons. The van der Waals surface area contributed by atoms with Gasteiger partial charge in [0.15, 0.2) is 8.32 Å². The zero-order valence-electron chi connectivity index (χ0n) is 13.7. The van der Waals surface area contributed by atoms with Gasteiger partial charge in [-0.1, -0.05) is 44.2 Å². The molecule has 0 spiro atoms. The summed E-state index contributed by atoms with van der Waals surface area (Å²) < 4.78 is 11.4. The Bertz CT molecular complexity index is 445. The summed E-state index contributed by atoms with van der Waals surface area (Å²) in [5, 5.41) is 0. The highest BCUT2D eigenvalue weighted by Crippen LogP contribution is 2.25. The average Bonchev–Trinajstić information content (AvgIpc) is 2.36. The number of hydrogen-bond acceptors (Lipinski definition) is 2. The van der Waals surface area contributed by atoms with Crippen LogP contribution < -0.4 is 4.74 Å². The predicted molar refractivity (Wildman–Crippen MR) is 89.7 cm³/mol. The summed E-state index contributed by atoms with van der Waals surface area (Å²) in [7, 11) is 0.278. The maximum Gasteiger partial charge on any atom is 0.183 e. The van der Waals surface area contributed by atoms with Gasteiger partial charge in [-0.05, 0) is 37.5 Å². The van der Waals surface area contributed by atoms with Gasteiger partial charge in [-0.25, -0.2) is 0 Å². The largest absolute Gasteiger partial charge is 0.496 e. The number of methoxy groups -OCH3 is 1. The van der Waals surface area contributed by atoms with E-state index in [1.165, 1.54) is 0 Å². The van der Waals surface area contributed by atoms with Gasteiger partial charge in [0.1, 0.15) is 5.75 Å². The summed E-state index contributed by atoms with van der Waals surface area (Å²) in [5.41, 5.74) is 1.29.